The van der Waals surface area contributed by atoms with E-state index in [0.29, 0.717) is 6.04 Å². The number of benzene rings is 1. The van der Waals surface area contributed by atoms with Crippen LogP contribution in [-0.2, 0) is 6.54 Å². The van der Waals surface area contributed by atoms with E-state index in [1.165, 1.54) is 5.56 Å². The van der Waals surface area contributed by atoms with Crippen LogP contribution in [0.3, 0.4) is 0 Å². The lowest BCUT2D eigenvalue weighted by Gasteiger charge is -2.49. The smallest absolute Gasteiger partial charge is 0.0621 e. The average Bonchev–Trinajstić information content (AvgIpc) is 2.28. The Morgan fingerprint density at radius 1 is 1.35 bits per heavy atom. The van der Waals surface area contributed by atoms with E-state index < -0.39 is 0 Å². The molecule has 4 heteroatoms. The minimum absolute atomic E-state index is 0.00735. The van der Waals surface area contributed by atoms with E-state index in [9.17, 15) is 5.11 Å². The van der Waals surface area contributed by atoms with E-state index >= 15 is 0 Å². The molecule has 2 unspecified atom stereocenters. The summed E-state index contributed by atoms with van der Waals surface area (Å²) in [4.78, 5) is 0. The van der Waals surface area contributed by atoms with Gasteiger partial charge in [-0.1, -0.05) is 19.9 Å². The summed E-state index contributed by atoms with van der Waals surface area (Å²) in [7, 11) is 0. The molecule has 0 aromatic heterocycles. The van der Waals surface area contributed by atoms with Gasteiger partial charge in [-0.3, -0.25) is 0 Å². The molecule has 0 bridgehead atoms. The summed E-state index contributed by atoms with van der Waals surface area (Å²) in [5.74, 6) is 0. The first-order valence-electron chi connectivity index (χ1n) is 5.76. The Morgan fingerprint density at radius 2 is 2.06 bits per heavy atom. The molecule has 1 saturated carbocycles. The third kappa shape index (κ3) is 2.75. The Kier molecular flexibility index (Phi) is 3.98. The van der Waals surface area contributed by atoms with Crippen molar-refractivity contribution in [2.45, 2.75) is 39.0 Å². The van der Waals surface area contributed by atoms with Crippen LogP contribution in [0.25, 0.3) is 0 Å². The first kappa shape index (κ1) is 13.5. The second kappa shape index (κ2) is 5.00. The Morgan fingerprint density at radius 3 is 2.59 bits per heavy atom. The van der Waals surface area contributed by atoms with E-state index in [4.69, 9.17) is 0 Å². The SMILES string of the molecule is CC1(C)C(O)CC1NCc1ccc(Br)c(Br)c1. The van der Waals surface area contributed by atoms with Crippen molar-refractivity contribution in [2.24, 2.45) is 5.41 Å². The summed E-state index contributed by atoms with van der Waals surface area (Å²) in [6.07, 6.45) is 0.682. The van der Waals surface area contributed by atoms with Gasteiger partial charge in [0.1, 0.15) is 0 Å². The molecule has 1 aliphatic carbocycles. The number of halogens is 2. The highest BCUT2D eigenvalue weighted by molar-refractivity contribution is 9.13. The third-order valence-corrected chi connectivity index (χ3v) is 5.63. The van der Waals surface area contributed by atoms with Gasteiger partial charge in [-0.25, -0.2) is 0 Å². The van der Waals surface area contributed by atoms with E-state index in [1.54, 1.807) is 0 Å². The summed E-state index contributed by atoms with van der Waals surface area (Å²) in [5.41, 5.74) is 1.24. The molecule has 2 nitrogen and oxygen atoms in total. The van der Waals surface area contributed by atoms with Gasteiger partial charge >= 0.3 is 0 Å². The minimum atomic E-state index is -0.170. The predicted molar refractivity (Wildman–Crippen MR) is 76.9 cm³/mol. The fourth-order valence-corrected chi connectivity index (χ4v) is 2.81. The van der Waals surface area contributed by atoms with E-state index in [2.05, 4.69) is 63.2 Å². The zero-order valence-corrected chi connectivity index (χ0v) is 13.2. The molecule has 2 atom stereocenters. The molecule has 0 spiro atoms. The number of aliphatic hydroxyl groups is 1. The van der Waals surface area contributed by atoms with Crippen molar-refractivity contribution in [3.05, 3.63) is 32.7 Å². The molecule has 0 saturated heterocycles. The highest BCUT2D eigenvalue weighted by Crippen LogP contribution is 2.40. The Balaban J connectivity index is 1.93. The summed E-state index contributed by atoms with van der Waals surface area (Å²) >= 11 is 6.96. The van der Waals surface area contributed by atoms with Crippen molar-refractivity contribution in [1.29, 1.82) is 0 Å². The first-order valence-corrected chi connectivity index (χ1v) is 7.35. The maximum Gasteiger partial charge on any atom is 0.0621 e. The van der Waals surface area contributed by atoms with Crippen LogP contribution in [0.2, 0.25) is 0 Å². The summed E-state index contributed by atoms with van der Waals surface area (Å²) < 4.78 is 2.14. The van der Waals surface area contributed by atoms with Gasteiger partial charge in [0.2, 0.25) is 0 Å². The van der Waals surface area contributed by atoms with E-state index in [0.717, 1.165) is 21.9 Å². The molecule has 1 aromatic carbocycles. The van der Waals surface area contributed by atoms with E-state index in [1.807, 2.05) is 6.07 Å². The lowest BCUT2D eigenvalue weighted by molar-refractivity contribution is -0.0729. The molecule has 2 N–H and O–H groups in total. The Bertz CT molecular complexity index is 420. The van der Waals surface area contributed by atoms with Crippen LogP contribution in [0.1, 0.15) is 25.8 Å². The monoisotopic (exact) mass is 361 g/mol. The largest absolute Gasteiger partial charge is 0.392 e. The molecule has 0 aliphatic heterocycles. The zero-order chi connectivity index (χ0) is 12.6. The van der Waals surface area contributed by atoms with Crippen LogP contribution in [0.15, 0.2) is 27.1 Å². The second-order valence-electron chi connectivity index (χ2n) is 5.25. The average molecular weight is 363 g/mol. The lowest BCUT2D eigenvalue weighted by Crippen LogP contribution is -2.59. The number of nitrogens with one attached hydrogen (secondary N) is 1. The maximum absolute atomic E-state index is 9.67. The van der Waals surface area contributed by atoms with Crippen molar-refractivity contribution >= 4 is 31.9 Å². The van der Waals surface area contributed by atoms with E-state index in [-0.39, 0.29) is 11.5 Å². The van der Waals surface area contributed by atoms with Crippen LogP contribution in [-0.4, -0.2) is 17.3 Å². The Labute approximate surface area is 119 Å². The molecular formula is C13H17Br2NO. The van der Waals surface area contributed by atoms with Gasteiger partial charge in [0.15, 0.2) is 0 Å². The van der Waals surface area contributed by atoms with Gasteiger partial charge in [-0.05, 0) is 56.0 Å². The van der Waals surface area contributed by atoms with Gasteiger partial charge in [-0.15, -0.1) is 0 Å². The fourth-order valence-electron chi connectivity index (χ4n) is 2.14. The normalized spacial score (nSPS) is 26.6. The molecule has 1 fully saturated rings. The molecule has 1 aromatic rings. The maximum atomic E-state index is 9.67. The van der Waals surface area contributed by atoms with Crippen LogP contribution >= 0.6 is 31.9 Å². The quantitative estimate of drug-likeness (QED) is 0.862. The molecule has 0 heterocycles. The molecule has 0 amide bonds. The molecular weight excluding hydrogens is 346 g/mol. The fraction of sp³-hybridized carbons (Fsp3) is 0.538. The number of rotatable bonds is 3. The number of aliphatic hydroxyl groups excluding tert-OH is 1. The highest BCUT2D eigenvalue weighted by atomic mass is 79.9. The second-order valence-corrected chi connectivity index (χ2v) is 6.96. The zero-order valence-electron chi connectivity index (χ0n) is 10.0. The summed E-state index contributed by atoms with van der Waals surface area (Å²) in [6.45, 7) is 5.05. The topological polar surface area (TPSA) is 32.3 Å². The standard InChI is InChI=1S/C13H17Br2NO/c1-13(2)11(6-12(13)17)16-7-8-3-4-9(14)10(15)5-8/h3-5,11-12,16-17H,6-7H2,1-2H3. The highest BCUT2D eigenvalue weighted by Gasteiger charge is 2.46. The third-order valence-electron chi connectivity index (χ3n) is 3.75. The lowest BCUT2D eigenvalue weighted by atomic mass is 9.64. The number of hydrogen-bond donors (Lipinski definition) is 2. The van der Waals surface area contributed by atoms with Crippen LogP contribution < -0.4 is 5.32 Å². The molecule has 2 rings (SSSR count). The van der Waals surface area contributed by atoms with Crippen molar-refractivity contribution < 1.29 is 5.11 Å². The minimum Gasteiger partial charge on any atom is -0.392 e. The van der Waals surface area contributed by atoms with Gasteiger partial charge in [0.05, 0.1) is 6.10 Å². The molecule has 0 radical (unpaired) electrons. The van der Waals surface area contributed by atoms with Gasteiger partial charge in [0.25, 0.3) is 0 Å². The van der Waals surface area contributed by atoms with Gasteiger partial charge in [-0.2, -0.15) is 0 Å². The van der Waals surface area contributed by atoms with Crippen molar-refractivity contribution in [2.75, 3.05) is 0 Å². The van der Waals surface area contributed by atoms with Crippen LogP contribution in [0, 0.1) is 5.41 Å². The van der Waals surface area contributed by atoms with Crippen molar-refractivity contribution in [3.8, 4) is 0 Å². The molecule has 17 heavy (non-hydrogen) atoms. The van der Waals surface area contributed by atoms with Crippen LogP contribution in [0.5, 0.6) is 0 Å². The molecule has 94 valence electrons. The van der Waals surface area contributed by atoms with Gasteiger partial charge < -0.3 is 10.4 Å². The summed E-state index contributed by atoms with van der Waals surface area (Å²) in [6, 6.07) is 6.66. The van der Waals surface area contributed by atoms with Crippen molar-refractivity contribution in [3.63, 3.8) is 0 Å². The molecule has 1 aliphatic rings. The first-order chi connectivity index (χ1) is 7.91. The van der Waals surface area contributed by atoms with Crippen LogP contribution in [0.4, 0.5) is 0 Å². The predicted octanol–water partition coefficient (Wildman–Crippen LogP) is 3.46. The number of hydrogen-bond acceptors (Lipinski definition) is 2. The Hall–Kier alpha value is 0.1000. The van der Waals surface area contributed by atoms with Crippen molar-refractivity contribution in [1.82, 2.24) is 5.32 Å². The summed E-state index contributed by atoms with van der Waals surface area (Å²) in [5, 5.41) is 13.2. The van der Waals surface area contributed by atoms with Gasteiger partial charge in [0, 0.05) is 26.9 Å².